The summed E-state index contributed by atoms with van der Waals surface area (Å²) in [4.78, 5) is 16.8. The van der Waals surface area contributed by atoms with E-state index < -0.39 is 5.97 Å². The molecule has 0 aliphatic heterocycles. The van der Waals surface area contributed by atoms with Crippen LogP contribution in [0.1, 0.15) is 33.7 Å². The van der Waals surface area contributed by atoms with Crippen molar-refractivity contribution in [2.75, 3.05) is 21.2 Å². The zero-order valence-electron chi connectivity index (χ0n) is 12.0. The summed E-state index contributed by atoms with van der Waals surface area (Å²) in [5, 5.41) is 17.7. The van der Waals surface area contributed by atoms with Crippen LogP contribution in [0.2, 0.25) is 0 Å². The lowest BCUT2D eigenvalue weighted by molar-refractivity contribution is 0.0593. The number of esters is 1. The topological polar surface area (TPSA) is 92.9 Å². The number of rotatable bonds is 6. The fraction of sp³-hybridized carbons (Fsp3) is 0.500. The number of hydrogen-bond donors (Lipinski definition) is 1. The molecule has 0 fully saturated rings. The molecule has 0 radical (unpaired) electrons. The van der Waals surface area contributed by atoms with Crippen LogP contribution in [0.5, 0.6) is 0 Å². The van der Waals surface area contributed by atoms with Gasteiger partial charge in [0.05, 0.1) is 25.7 Å². The first-order chi connectivity index (χ1) is 9.54. The van der Waals surface area contributed by atoms with Crippen LogP contribution in [0.4, 0.5) is 0 Å². The zero-order chi connectivity index (χ0) is 15.1. The van der Waals surface area contributed by atoms with E-state index in [1.807, 2.05) is 19.0 Å². The van der Waals surface area contributed by atoms with Crippen molar-refractivity contribution < 1.29 is 9.53 Å². The Kier molecular flexibility index (Phi) is 5.76. The number of hydrogen-bond acceptors (Lipinski definition) is 5. The molecule has 0 atom stereocenters. The predicted octanol–water partition coefficient (Wildman–Crippen LogP) is 1.39. The molecule has 106 valence electrons. The molecule has 0 aliphatic rings. The third-order valence-electron chi connectivity index (χ3n) is 2.91. The Labute approximate surface area is 118 Å². The van der Waals surface area contributed by atoms with Crippen molar-refractivity contribution in [3.05, 3.63) is 22.5 Å². The normalized spacial score (nSPS) is 10.1. The van der Waals surface area contributed by atoms with Gasteiger partial charge in [0.25, 0.3) is 0 Å². The van der Waals surface area contributed by atoms with Gasteiger partial charge >= 0.3 is 5.97 Å². The highest BCUT2D eigenvalue weighted by Crippen LogP contribution is 2.23. The van der Waals surface area contributed by atoms with Gasteiger partial charge in [-0.05, 0) is 31.6 Å². The van der Waals surface area contributed by atoms with Gasteiger partial charge in [-0.3, -0.25) is 0 Å². The van der Waals surface area contributed by atoms with E-state index in [4.69, 9.17) is 15.3 Å². The second-order valence-corrected chi connectivity index (χ2v) is 4.66. The number of nitrogens with one attached hydrogen (secondary N) is 1. The van der Waals surface area contributed by atoms with Crippen LogP contribution >= 0.6 is 0 Å². The fourth-order valence-corrected chi connectivity index (χ4v) is 2.11. The number of nitrogens with zero attached hydrogens (tertiary/aromatic N) is 3. The number of aromatic amines is 1. The monoisotopic (exact) mass is 274 g/mol. The lowest BCUT2D eigenvalue weighted by Gasteiger charge is -2.09. The predicted molar refractivity (Wildman–Crippen MR) is 72.8 cm³/mol. The Balaban J connectivity index is 3.32. The molecule has 0 aliphatic carbocycles. The summed E-state index contributed by atoms with van der Waals surface area (Å²) in [7, 11) is 5.13. The van der Waals surface area contributed by atoms with Crippen LogP contribution in [0.15, 0.2) is 0 Å². The number of carbonyl (C=O) groups excluding carboxylic acids is 1. The number of nitriles is 2. The Morgan fingerprint density at radius 3 is 2.50 bits per heavy atom. The molecule has 1 aromatic heterocycles. The van der Waals surface area contributed by atoms with Gasteiger partial charge < -0.3 is 14.6 Å². The molecule has 1 heterocycles. The van der Waals surface area contributed by atoms with Crippen LogP contribution < -0.4 is 0 Å². The average Bonchev–Trinajstić information content (AvgIpc) is 2.73. The van der Waals surface area contributed by atoms with Crippen LogP contribution in [-0.2, 0) is 24.1 Å². The Morgan fingerprint density at radius 2 is 2.00 bits per heavy atom. The van der Waals surface area contributed by atoms with Gasteiger partial charge in [-0.2, -0.15) is 10.5 Å². The number of aromatic nitrogens is 1. The highest BCUT2D eigenvalue weighted by atomic mass is 16.5. The minimum Gasteiger partial charge on any atom is -0.464 e. The summed E-state index contributed by atoms with van der Waals surface area (Å²) in [6.07, 6.45) is 0.932. The minimum absolute atomic E-state index is 0.206. The molecule has 20 heavy (non-hydrogen) atoms. The molecule has 6 heteroatoms. The number of methoxy groups -OCH3 is 1. The first-order valence-electron chi connectivity index (χ1n) is 6.24. The third-order valence-corrected chi connectivity index (χ3v) is 2.91. The highest BCUT2D eigenvalue weighted by Gasteiger charge is 2.22. The molecular weight excluding hydrogens is 256 g/mol. The summed E-state index contributed by atoms with van der Waals surface area (Å²) in [5.74, 6) is -0.470. The number of H-pyrrole nitrogens is 1. The molecule has 0 aromatic carbocycles. The van der Waals surface area contributed by atoms with Gasteiger partial charge in [-0.15, -0.1) is 0 Å². The van der Waals surface area contributed by atoms with Gasteiger partial charge in [0.15, 0.2) is 0 Å². The van der Waals surface area contributed by atoms with Crippen molar-refractivity contribution in [2.45, 2.75) is 25.8 Å². The van der Waals surface area contributed by atoms with Crippen molar-refractivity contribution in [1.82, 2.24) is 9.88 Å². The molecule has 6 nitrogen and oxygen atoms in total. The number of carbonyl (C=O) groups is 1. The molecular formula is C14H18N4O2. The standard InChI is InChI=1S/C14H18N4O2/c1-18(2)9-12-10(6-8-16)11(5-4-7-15)13(17-12)14(19)20-3/h17H,4-6,9H2,1-3H3. The fourth-order valence-electron chi connectivity index (χ4n) is 2.11. The van der Waals surface area contributed by atoms with E-state index in [-0.39, 0.29) is 6.42 Å². The molecule has 1 N–H and O–H groups in total. The zero-order valence-corrected chi connectivity index (χ0v) is 12.0. The largest absolute Gasteiger partial charge is 0.464 e. The van der Waals surface area contributed by atoms with E-state index in [1.54, 1.807) is 0 Å². The van der Waals surface area contributed by atoms with Gasteiger partial charge in [0, 0.05) is 18.7 Å². The quantitative estimate of drug-likeness (QED) is 0.791. The maximum Gasteiger partial charge on any atom is 0.354 e. The van der Waals surface area contributed by atoms with Crippen LogP contribution in [0.3, 0.4) is 0 Å². The number of ether oxygens (including phenoxy) is 1. The molecule has 0 amide bonds. The summed E-state index contributed by atoms with van der Waals surface area (Å²) in [6.45, 7) is 0.591. The molecule has 0 unspecified atom stereocenters. The lowest BCUT2D eigenvalue weighted by atomic mass is 10.0. The van der Waals surface area contributed by atoms with Crippen LogP contribution in [-0.4, -0.2) is 37.1 Å². The van der Waals surface area contributed by atoms with Crippen molar-refractivity contribution in [2.24, 2.45) is 0 Å². The highest BCUT2D eigenvalue weighted by molar-refractivity contribution is 5.90. The smallest absolute Gasteiger partial charge is 0.354 e. The SMILES string of the molecule is COC(=O)c1[nH]c(CN(C)C)c(CC#N)c1CCC#N. The summed E-state index contributed by atoms with van der Waals surface area (Å²) >= 11 is 0. The van der Waals surface area contributed by atoms with Gasteiger partial charge in [0.1, 0.15) is 5.69 Å². The summed E-state index contributed by atoms with van der Waals surface area (Å²) in [6, 6.07) is 4.17. The van der Waals surface area contributed by atoms with E-state index in [1.165, 1.54) is 7.11 Å². The van der Waals surface area contributed by atoms with Crippen LogP contribution in [0.25, 0.3) is 0 Å². The van der Waals surface area contributed by atoms with E-state index >= 15 is 0 Å². The first-order valence-corrected chi connectivity index (χ1v) is 6.24. The van der Waals surface area contributed by atoms with Crippen LogP contribution in [0, 0.1) is 22.7 Å². The van der Waals surface area contributed by atoms with E-state index in [9.17, 15) is 4.79 Å². The first kappa shape index (κ1) is 15.7. The molecule has 0 bridgehead atoms. The Bertz CT molecular complexity index is 561. The Hall–Kier alpha value is -2.31. The molecule has 0 spiro atoms. The maximum atomic E-state index is 11.8. The Morgan fingerprint density at radius 1 is 1.30 bits per heavy atom. The van der Waals surface area contributed by atoms with Crippen molar-refractivity contribution in [3.8, 4) is 12.1 Å². The average molecular weight is 274 g/mol. The van der Waals surface area contributed by atoms with Crippen molar-refractivity contribution >= 4 is 5.97 Å². The van der Waals surface area contributed by atoms with Crippen molar-refractivity contribution in [1.29, 1.82) is 10.5 Å². The lowest BCUT2D eigenvalue weighted by Crippen LogP contribution is -2.12. The maximum absolute atomic E-state index is 11.8. The van der Waals surface area contributed by atoms with E-state index in [2.05, 4.69) is 17.1 Å². The minimum atomic E-state index is -0.470. The van der Waals surface area contributed by atoms with Gasteiger partial charge in [-0.1, -0.05) is 0 Å². The molecule has 1 rings (SSSR count). The third kappa shape index (κ3) is 3.59. The van der Waals surface area contributed by atoms with Gasteiger partial charge in [-0.25, -0.2) is 4.79 Å². The molecule has 0 saturated heterocycles. The summed E-state index contributed by atoms with van der Waals surface area (Å²) < 4.78 is 4.76. The molecule has 1 aromatic rings. The summed E-state index contributed by atoms with van der Waals surface area (Å²) in [5.41, 5.74) is 2.70. The van der Waals surface area contributed by atoms with Gasteiger partial charge in [0.2, 0.25) is 0 Å². The molecule has 0 saturated carbocycles. The van der Waals surface area contributed by atoms with E-state index in [0.717, 1.165) is 16.8 Å². The second-order valence-electron chi connectivity index (χ2n) is 4.66. The second kappa shape index (κ2) is 7.32. The van der Waals surface area contributed by atoms with Crippen molar-refractivity contribution in [3.63, 3.8) is 0 Å². The van der Waals surface area contributed by atoms with E-state index in [0.29, 0.717) is 25.1 Å².